The molecule has 1 fully saturated rings. The van der Waals surface area contributed by atoms with Gasteiger partial charge >= 0.3 is 0 Å². The predicted octanol–water partition coefficient (Wildman–Crippen LogP) is 2.02. The fraction of sp³-hybridized carbons (Fsp3) is 0.923. The molecule has 0 saturated carbocycles. The van der Waals surface area contributed by atoms with Crippen LogP contribution in [-0.4, -0.2) is 35.5 Å². The highest BCUT2D eigenvalue weighted by Crippen LogP contribution is 2.36. The van der Waals surface area contributed by atoms with Crippen LogP contribution < -0.4 is 10.6 Å². The van der Waals surface area contributed by atoms with E-state index in [-0.39, 0.29) is 11.9 Å². The summed E-state index contributed by atoms with van der Waals surface area (Å²) in [5.41, 5.74) is 0. The minimum Gasteiger partial charge on any atom is -0.352 e. The van der Waals surface area contributed by atoms with Crippen molar-refractivity contribution in [2.75, 3.05) is 18.8 Å². The summed E-state index contributed by atoms with van der Waals surface area (Å²) in [5.74, 6) is 1.86. The van der Waals surface area contributed by atoms with Crippen LogP contribution in [0.3, 0.4) is 0 Å². The summed E-state index contributed by atoms with van der Waals surface area (Å²) in [6.45, 7) is 9.94. The zero-order valence-corrected chi connectivity index (χ0v) is 12.3. The average molecular weight is 258 g/mol. The molecular formula is C13H26N2OS. The highest BCUT2D eigenvalue weighted by atomic mass is 32.2. The van der Waals surface area contributed by atoms with Gasteiger partial charge < -0.3 is 10.6 Å². The van der Waals surface area contributed by atoms with Crippen molar-refractivity contribution in [1.82, 2.24) is 10.6 Å². The van der Waals surface area contributed by atoms with Crippen molar-refractivity contribution in [3.8, 4) is 0 Å². The summed E-state index contributed by atoms with van der Waals surface area (Å²) in [7, 11) is 0. The summed E-state index contributed by atoms with van der Waals surface area (Å²) in [6, 6.07) is 0.251. The third-order valence-corrected chi connectivity index (χ3v) is 5.01. The largest absolute Gasteiger partial charge is 0.352 e. The second-order valence-electron chi connectivity index (χ2n) is 5.61. The van der Waals surface area contributed by atoms with Gasteiger partial charge in [0.2, 0.25) is 5.91 Å². The molecule has 17 heavy (non-hydrogen) atoms. The van der Waals surface area contributed by atoms with Crippen LogP contribution in [0.15, 0.2) is 0 Å². The molecule has 0 radical (unpaired) electrons. The van der Waals surface area contributed by atoms with Gasteiger partial charge in [-0.15, -0.1) is 0 Å². The second-order valence-corrected chi connectivity index (χ2v) is 7.29. The highest BCUT2D eigenvalue weighted by Gasteiger charge is 2.28. The lowest BCUT2D eigenvalue weighted by atomic mass is 10.1. The number of hydrogen-bond acceptors (Lipinski definition) is 3. The molecule has 0 aromatic rings. The van der Waals surface area contributed by atoms with E-state index >= 15 is 0 Å². The molecule has 100 valence electrons. The molecule has 3 nitrogen and oxygen atoms in total. The van der Waals surface area contributed by atoms with Crippen molar-refractivity contribution in [3.63, 3.8) is 0 Å². The Hall–Kier alpha value is -0.220. The Balaban J connectivity index is 2.16. The summed E-state index contributed by atoms with van der Waals surface area (Å²) in [6.07, 6.45) is 2.56. The maximum absolute atomic E-state index is 11.7. The lowest BCUT2D eigenvalue weighted by Gasteiger charge is -2.23. The van der Waals surface area contributed by atoms with Gasteiger partial charge in [-0.1, -0.05) is 13.8 Å². The zero-order valence-electron chi connectivity index (χ0n) is 11.5. The van der Waals surface area contributed by atoms with Crippen molar-refractivity contribution in [1.29, 1.82) is 0 Å². The molecule has 0 aromatic heterocycles. The van der Waals surface area contributed by atoms with E-state index in [4.69, 9.17) is 0 Å². The van der Waals surface area contributed by atoms with Gasteiger partial charge in [0.15, 0.2) is 0 Å². The lowest BCUT2D eigenvalue weighted by molar-refractivity contribution is -0.121. The molecule has 1 aliphatic heterocycles. The quantitative estimate of drug-likeness (QED) is 0.766. The number of carbonyl (C=O) groups is 1. The van der Waals surface area contributed by atoms with E-state index in [1.807, 2.05) is 11.8 Å². The van der Waals surface area contributed by atoms with Gasteiger partial charge in [0.1, 0.15) is 0 Å². The highest BCUT2D eigenvalue weighted by molar-refractivity contribution is 8.00. The summed E-state index contributed by atoms with van der Waals surface area (Å²) >= 11 is 2.02. The summed E-state index contributed by atoms with van der Waals surface area (Å²) in [5, 5.41) is 6.29. The Morgan fingerprint density at radius 2 is 2.12 bits per heavy atom. The number of thioether (sulfide) groups is 1. The molecule has 2 atom stereocenters. The molecule has 1 aliphatic rings. The third-order valence-electron chi connectivity index (χ3n) is 3.47. The van der Waals surface area contributed by atoms with Crippen LogP contribution in [0.4, 0.5) is 0 Å². The molecule has 1 rings (SSSR count). The van der Waals surface area contributed by atoms with Gasteiger partial charge in [0.05, 0.1) is 6.54 Å². The fourth-order valence-corrected chi connectivity index (χ4v) is 3.16. The van der Waals surface area contributed by atoms with Gasteiger partial charge in [0.25, 0.3) is 0 Å². The molecule has 2 unspecified atom stereocenters. The molecular weight excluding hydrogens is 232 g/mol. The number of amides is 1. The van der Waals surface area contributed by atoms with E-state index in [0.717, 1.165) is 6.54 Å². The molecule has 2 N–H and O–H groups in total. The first-order valence-electron chi connectivity index (χ1n) is 6.57. The van der Waals surface area contributed by atoms with Gasteiger partial charge in [-0.05, 0) is 38.4 Å². The molecule has 0 bridgehead atoms. The number of nitrogens with one attached hydrogen (secondary N) is 2. The molecule has 4 heteroatoms. The van der Waals surface area contributed by atoms with Crippen molar-refractivity contribution in [2.45, 2.75) is 51.3 Å². The fourth-order valence-electron chi connectivity index (χ4n) is 1.89. The maximum atomic E-state index is 11.7. The Labute approximate surface area is 109 Å². The van der Waals surface area contributed by atoms with E-state index in [2.05, 4.69) is 38.3 Å². The normalized spacial score (nSPS) is 26.2. The SMILES string of the molecule is CC(C)C(C)NC(=O)CNCC1(C)CCCS1. The second kappa shape index (κ2) is 6.64. The van der Waals surface area contributed by atoms with Crippen LogP contribution in [0.1, 0.15) is 40.5 Å². The van der Waals surface area contributed by atoms with Crippen LogP contribution in [0.5, 0.6) is 0 Å². The topological polar surface area (TPSA) is 41.1 Å². The predicted molar refractivity (Wildman–Crippen MR) is 75.4 cm³/mol. The van der Waals surface area contributed by atoms with E-state index in [1.165, 1.54) is 18.6 Å². The van der Waals surface area contributed by atoms with E-state index in [0.29, 0.717) is 17.2 Å². The van der Waals surface area contributed by atoms with Crippen LogP contribution in [0, 0.1) is 5.92 Å². The first-order valence-corrected chi connectivity index (χ1v) is 7.55. The molecule has 0 aromatic carbocycles. The minimum atomic E-state index is 0.109. The van der Waals surface area contributed by atoms with E-state index in [1.54, 1.807) is 0 Å². The molecule has 1 saturated heterocycles. The molecule has 1 heterocycles. The number of hydrogen-bond donors (Lipinski definition) is 2. The van der Waals surface area contributed by atoms with Crippen molar-refractivity contribution in [3.05, 3.63) is 0 Å². The van der Waals surface area contributed by atoms with Gasteiger partial charge in [-0.3, -0.25) is 4.79 Å². The molecule has 1 amide bonds. The lowest BCUT2D eigenvalue weighted by Crippen LogP contribution is -2.43. The Morgan fingerprint density at radius 3 is 2.65 bits per heavy atom. The van der Waals surface area contributed by atoms with E-state index in [9.17, 15) is 4.79 Å². The standard InChI is InChI=1S/C13H26N2OS/c1-10(2)11(3)15-12(16)8-14-9-13(4)6-5-7-17-13/h10-11,14H,5-9H2,1-4H3,(H,15,16). The first kappa shape index (κ1) is 14.8. The smallest absolute Gasteiger partial charge is 0.234 e. The van der Waals surface area contributed by atoms with Gasteiger partial charge in [-0.25, -0.2) is 0 Å². The van der Waals surface area contributed by atoms with Crippen LogP contribution in [0.25, 0.3) is 0 Å². The van der Waals surface area contributed by atoms with Crippen molar-refractivity contribution in [2.24, 2.45) is 5.92 Å². The van der Waals surface area contributed by atoms with Gasteiger partial charge in [0, 0.05) is 17.3 Å². The Kier molecular flexibility index (Phi) is 5.80. The molecule has 0 spiro atoms. The van der Waals surface area contributed by atoms with E-state index < -0.39 is 0 Å². The average Bonchev–Trinajstić information content (AvgIpc) is 2.65. The van der Waals surface area contributed by atoms with Crippen LogP contribution >= 0.6 is 11.8 Å². The Morgan fingerprint density at radius 1 is 1.41 bits per heavy atom. The summed E-state index contributed by atoms with van der Waals surface area (Å²) < 4.78 is 0.337. The van der Waals surface area contributed by atoms with Crippen molar-refractivity contribution >= 4 is 17.7 Å². The van der Waals surface area contributed by atoms with Crippen LogP contribution in [0.2, 0.25) is 0 Å². The number of carbonyl (C=O) groups excluding carboxylic acids is 1. The maximum Gasteiger partial charge on any atom is 0.234 e. The zero-order chi connectivity index (χ0) is 12.9. The van der Waals surface area contributed by atoms with Gasteiger partial charge in [-0.2, -0.15) is 11.8 Å². The monoisotopic (exact) mass is 258 g/mol. The molecule has 0 aliphatic carbocycles. The number of rotatable bonds is 6. The minimum absolute atomic E-state index is 0.109. The Bertz CT molecular complexity index is 250. The van der Waals surface area contributed by atoms with Crippen molar-refractivity contribution < 1.29 is 4.79 Å². The summed E-state index contributed by atoms with van der Waals surface area (Å²) in [4.78, 5) is 11.7. The van der Waals surface area contributed by atoms with Crippen LogP contribution in [-0.2, 0) is 4.79 Å². The third kappa shape index (κ3) is 5.30. The first-order chi connectivity index (χ1) is 7.93.